The first kappa shape index (κ1) is 15.3. The summed E-state index contributed by atoms with van der Waals surface area (Å²) in [7, 11) is 0. The van der Waals surface area contributed by atoms with Crippen LogP contribution in [0.3, 0.4) is 0 Å². The second-order valence-corrected chi connectivity index (χ2v) is 6.72. The van der Waals surface area contributed by atoms with Crippen LogP contribution < -0.4 is 5.32 Å². The molecule has 1 aromatic heterocycles. The van der Waals surface area contributed by atoms with Crippen molar-refractivity contribution in [3.63, 3.8) is 0 Å². The SMILES string of the molecule is CCOC(=O)c1c(C)nsc1NC1CC(C)CC(C)C1. The topological polar surface area (TPSA) is 51.2 Å². The molecule has 0 amide bonds. The zero-order valence-corrected chi connectivity index (χ0v) is 13.5. The summed E-state index contributed by atoms with van der Waals surface area (Å²) in [4.78, 5) is 12.0. The Kier molecular flexibility index (Phi) is 5.02. The van der Waals surface area contributed by atoms with Crippen molar-refractivity contribution < 1.29 is 9.53 Å². The molecule has 1 heterocycles. The van der Waals surface area contributed by atoms with Crippen LogP contribution in [0.15, 0.2) is 0 Å². The van der Waals surface area contributed by atoms with E-state index in [1.165, 1.54) is 18.0 Å². The summed E-state index contributed by atoms with van der Waals surface area (Å²) >= 11 is 1.36. The van der Waals surface area contributed by atoms with Gasteiger partial charge in [-0.1, -0.05) is 13.8 Å². The van der Waals surface area contributed by atoms with Gasteiger partial charge in [-0.15, -0.1) is 0 Å². The number of esters is 1. The minimum absolute atomic E-state index is 0.266. The number of hydrogen-bond acceptors (Lipinski definition) is 5. The summed E-state index contributed by atoms with van der Waals surface area (Å²) in [6.45, 7) is 8.68. The van der Waals surface area contributed by atoms with E-state index in [0.717, 1.165) is 35.4 Å². The van der Waals surface area contributed by atoms with Crippen molar-refractivity contribution in [1.82, 2.24) is 4.37 Å². The van der Waals surface area contributed by atoms with Crippen LogP contribution in [0, 0.1) is 18.8 Å². The van der Waals surface area contributed by atoms with Gasteiger partial charge in [-0.2, -0.15) is 4.37 Å². The molecule has 0 saturated heterocycles. The fraction of sp³-hybridized carbons (Fsp3) is 0.733. The summed E-state index contributed by atoms with van der Waals surface area (Å²) in [5.41, 5.74) is 1.37. The van der Waals surface area contributed by atoms with Gasteiger partial charge in [0.25, 0.3) is 0 Å². The Hall–Kier alpha value is -1.10. The number of hydrogen-bond donors (Lipinski definition) is 1. The largest absolute Gasteiger partial charge is 0.462 e. The summed E-state index contributed by atoms with van der Waals surface area (Å²) in [6.07, 6.45) is 3.61. The Bertz CT molecular complexity index is 462. The standard InChI is InChI=1S/C15H24N2O2S/c1-5-19-15(18)13-11(4)17-20-14(13)16-12-7-9(2)6-10(3)8-12/h9-10,12,16H,5-8H2,1-4H3. The molecule has 1 aromatic rings. The zero-order valence-electron chi connectivity index (χ0n) is 12.7. The molecular formula is C15H24N2O2S. The van der Waals surface area contributed by atoms with E-state index in [-0.39, 0.29) is 5.97 Å². The first-order valence-corrected chi connectivity index (χ1v) is 8.18. The van der Waals surface area contributed by atoms with Crippen LogP contribution in [-0.2, 0) is 4.74 Å². The van der Waals surface area contributed by atoms with Gasteiger partial charge in [0, 0.05) is 6.04 Å². The second kappa shape index (κ2) is 6.57. The van der Waals surface area contributed by atoms with E-state index < -0.39 is 0 Å². The molecule has 0 aliphatic heterocycles. The van der Waals surface area contributed by atoms with Crippen molar-refractivity contribution >= 4 is 22.5 Å². The lowest BCUT2D eigenvalue weighted by Crippen LogP contribution is -2.30. The average Bonchev–Trinajstić information content (AvgIpc) is 2.69. The summed E-state index contributed by atoms with van der Waals surface area (Å²) in [5.74, 6) is 1.20. The molecule has 1 fully saturated rings. The molecule has 1 aliphatic rings. The molecule has 0 spiro atoms. The summed E-state index contributed by atoms with van der Waals surface area (Å²) in [6, 6.07) is 0.432. The van der Waals surface area contributed by atoms with Gasteiger partial charge >= 0.3 is 5.97 Å². The maximum Gasteiger partial charge on any atom is 0.343 e. The third kappa shape index (κ3) is 3.51. The normalized spacial score (nSPS) is 26.3. The van der Waals surface area contributed by atoms with Crippen molar-refractivity contribution in [2.24, 2.45) is 11.8 Å². The summed E-state index contributed by atoms with van der Waals surface area (Å²) in [5, 5.41) is 4.39. The van der Waals surface area contributed by atoms with Crippen molar-refractivity contribution in [2.45, 2.75) is 53.0 Å². The average molecular weight is 296 g/mol. The van der Waals surface area contributed by atoms with E-state index in [2.05, 4.69) is 23.5 Å². The molecule has 5 heteroatoms. The van der Waals surface area contributed by atoms with Crippen LogP contribution >= 0.6 is 11.5 Å². The molecular weight excluding hydrogens is 272 g/mol. The molecule has 0 radical (unpaired) electrons. The first-order valence-electron chi connectivity index (χ1n) is 7.41. The maximum atomic E-state index is 12.0. The Morgan fingerprint density at radius 1 is 1.35 bits per heavy atom. The molecule has 1 N–H and O–H groups in total. The molecule has 2 unspecified atom stereocenters. The van der Waals surface area contributed by atoms with Crippen LogP contribution in [-0.4, -0.2) is 23.0 Å². The van der Waals surface area contributed by atoms with Gasteiger partial charge in [-0.25, -0.2) is 4.79 Å². The molecule has 0 bridgehead atoms. The van der Waals surface area contributed by atoms with Gasteiger partial charge in [0.1, 0.15) is 10.6 Å². The van der Waals surface area contributed by atoms with Gasteiger partial charge in [-0.05, 0) is 56.5 Å². The highest BCUT2D eigenvalue weighted by Crippen LogP contribution is 2.33. The molecule has 2 rings (SSSR count). The lowest BCUT2D eigenvalue weighted by Gasteiger charge is -2.32. The van der Waals surface area contributed by atoms with E-state index in [0.29, 0.717) is 18.2 Å². The number of ether oxygens (including phenoxy) is 1. The lowest BCUT2D eigenvalue weighted by molar-refractivity contribution is 0.0527. The lowest BCUT2D eigenvalue weighted by atomic mass is 9.80. The minimum atomic E-state index is -0.266. The number of carbonyl (C=O) groups is 1. The number of anilines is 1. The van der Waals surface area contributed by atoms with Gasteiger partial charge in [0.05, 0.1) is 12.3 Å². The summed E-state index contributed by atoms with van der Waals surface area (Å²) < 4.78 is 9.43. The highest BCUT2D eigenvalue weighted by molar-refractivity contribution is 7.10. The second-order valence-electron chi connectivity index (χ2n) is 5.95. The molecule has 112 valence electrons. The number of aryl methyl sites for hydroxylation is 1. The fourth-order valence-corrected chi connectivity index (χ4v) is 4.02. The first-order chi connectivity index (χ1) is 9.51. The van der Waals surface area contributed by atoms with Crippen molar-refractivity contribution in [1.29, 1.82) is 0 Å². The minimum Gasteiger partial charge on any atom is -0.462 e. The number of nitrogens with zero attached hydrogens (tertiary/aromatic N) is 1. The zero-order chi connectivity index (χ0) is 14.7. The number of nitrogens with one attached hydrogen (secondary N) is 1. The maximum absolute atomic E-state index is 12.0. The van der Waals surface area contributed by atoms with Gasteiger partial charge in [0.2, 0.25) is 0 Å². The fourth-order valence-electron chi connectivity index (χ4n) is 3.16. The van der Waals surface area contributed by atoms with Crippen LogP contribution in [0.2, 0.25) is 0 Å². The Morgan fingerprint density at radius 2 is 2.00 bits per heavy atom. The van der Waals surface area contributed by atoms with Gasteiger partial charge < -0.3 is 10.1 Å². The molecule has 20 heavy (non-hydrogen) atoms. The van der Waals surface area contributed by atoms with Crippen LogP contribution in [0.1, 0.15) is 56.1 Å². The predicted molar refractivity (Wildman–Crippen MR) is 82.4 cm³/mol. The van der Waals surface area contributed by atoms with Gasteiger partial charge in [0.15, 0.2) is 0 Å². The molecule has 4 nitrogen and oxygen atoms in total. The monoisotopic (exact) mass is 296 g/mol. The van der Waals surface area contributed by atoms with Crippen molar-refractivity contribution in [3.05, 3.63) is 11.3 Å². The molecule has 1 aliphatic carbocycles. The van der Waals surface area contributed by atoms with E-state index in [1.54, 1.807) is 0 Å². The van der Waals surface area contributed by atoms with Gasteiger partial charge in [-0.3, -0.25) is 0 Å². The number of aromatic nitrogens is 1. The Balaban J connectivity index is 2.11. The smallest absolute Gasteiger partial charge is 0.343 e. The van der Waals surface area contributed by atoms with E-state index >= 15 is 0 Å². The van der Waals surface area contributed by atoms with E-state index in [1.807, 2.05) is 13.8 Å². The van der Waals surface area contributed by atoms with Crippen LogP contribution in [0.25, 0.3) is 0 Å². The van der Waals surface area contributed by atoms with Crippen molar-refractivity contribution in [3.8, 4) is 0 Å². The predicted octanol–water partition coefficient (Wildman–Crippen LogP) is 3.86. The molecule has 0 aromatic carbocycles. The Labute approximate surface area is 125 Å². The number of rotatable bonds is 4. The van der Waals surface area contributed by atoms with Crippen molar-refractivity contribution in [2.75, 3.05) is 11.9 Å². The third-order valence-electron chi connectivity index (χ3n) is 3.86. The third-order valence-corrected chi connectivity index (χ3v) is 4.73. The van der Waals surface area contributed by atoms with E-state index in [4.69, 9.17) is 4.74 Å². The molecule has 1 saturated carbocycles. The van der Waals surface area contributed by atoms with Crippen LogP contribution in [0.4, 0.5) is 5.00 Å². The number of carbonyl (C=O) groups excluding carboxylic acids is 1. The highest BCUT2D eigenvalue weighted by Gasteiger charge is 2.27. The van der Waals surface area contributed by atoms with Crippen LogP contribution in [0.5, 0.6) is 0 Å². The highest BCUT2D eigenvalue weighted by atomic mass is 32.1. The molecule has 2 atom stereocenters. The quantitative estimate of drug-likeness (QED) is 0.857. The Morgan fingerprint density at radius 3 is 2.60 bits per heavy atom. The van der Waals surface area contributed by atoms with E-state index in [9.17, 15) is 4.79 Å².